The molecule has 2 aromatic rings. The first-order chi connectivity index (χ1) is 16.6. The van der Waals surface area contributed by atoms with Crippen molar-refractivity contribution in [3.8, 4) is 0 Å². The Morgan fingerprint density at radius 2 is 0.941 bits per heavy atom. The van der Waals surface area contributed by atoms with E-state index in [9.17, 15) is 0 Å². The Hall–Kier alpha value is -1.28. The van der Waals surface area contributed by atoms with E-state index in [1.54, 1.807) is 0 Å². The van der Waals surface area contributed by atoms with Crippen molar-refractivity contribution in [1.29, 1.82) is 0 Å². The summed E-state index contributed by atoms with van der Waals surface area (Å²) in [6.07, 6.45) is 27.3. The van der Waals surface area contributed by atoms with E-state index in [1.165, 1.54) is 138 Å². The van der Waals surface area contributed by atoms with E-state index in [0.29, 0.717) is 0 Å². The molecular formula is C30H50O3P+. The van der Waals surface area contributed by atoms with Crippen LogP contribution in [-0.2, 0) is 11.0 Å². The molecule has 0 saturated heterocycles. The minimum absolute atomic E-state index is 1.24. The molecule has 2 N–H and O–H groups in total. The predicted molar refractivity (Wildman–Crippen MR) is 148 cm³/mol. The van der Waals surface area contributed by atoms with Gasteiger partial charge in [0.2, 0.25) is 0 Å². The van der Waals surface area contributed by atoms with Crippen molar-refractivity contribution in [3.63, 3.8) is 0 Å². The van der Waals surface area contributed by atoms with Gasteiger partial charge in [0, 0.05) is 4.57 Å². The van der Waals surface area contributed by atoms with Crippen LogP contribution in [0.3, 0.4) is 0 Å². The third-order valence-electron chi connectivity index (χ3n) is 6.68. The summed E-state index contributed by atoms with van der Waals surface area (Å²) in [7, 11) is -2.87. The lowest BCUT2D eigenvalue weighted by Gasteiger charge is -2.07. The molecule has 0 fully saturated rings. The largest absolute Gasteiger partial charge is 0.692 e. The van der Waals surface area contributed by atoms with Gasteiger partial charge in [-0.1, -0.05) is 159 Å². The molecule has 2 rings (SSSR count). The van der Waals surface area contributed by atoms with E-state index in [1.807, 2.05) is 0 Å². The van der Waals surface area contributed by atoms with Gasteiger partial charge in [0.05, 0.1) is 0 Å². The summed E-state index contributed by atoms with van der Waals surface area (Å²) in [5.74, 6) is 0. The summed E-state index contributed by atoms with van der Waals surface area (Å²) in [6, 6.07) is 15.6. The minimum Gasteiger partial charge on any atom is -0.134 e. The lowest BCUT2D eigenvalue weighted by molar-refractivity contribution is 0.405. The number of unbranched alkanes of at least 4 members (excludes halogenated alkanes) is 17. The smallest absolute Gasteiger partial charge is 0.134 e. The van der Waals surface area contributed by atoms with Crippen molar-refractivity contribution in [2.75, 3.05) is 0 Å². The highest BCUT2D eigenvalue weighted by atomic mass is 31.1. The topological polar surface area (TPSA) is 57.5 Å². The van der Waals surface area contributed by atoms with Crippen LogP contribution in [0.2, 0.25) is 0 Å². The molecule has 0 amide bonds. The summed E-state index contributed by atoms with van der Waals surface area (Å²) < 4.78 is 8.70. The fourth-order valence-electron chi connectivity index (χ4n) is 4.73. The Balaban J connectivity index is 0.00000133. The Bertz CT molecular complexity index is 737. The zero-order valence-electron chi connectivity index (χ0n) is 21.7. The van der Waals surface area contributed by atoms with E-state index < -0.39 is 8.25 Å². The molecule has 2 aromatic carbocycles. The monoisotopic (exact) mass is 489 g/mol. The molecule has 0 aromatic heterocycles. The maximum absolute atomic E-state index is 8.70. The molecule has 192 valence electrons. The van der Waals surface area contributed by atoms with Crippen LogP contribution in [0.25, 0.3) is 10.8 Å². The van der Waals surface area contributed by atoms with Crippen LogP contribution in [0, 0.1) is 0 Å². The van der Waals surface area contributed by atoms with Crippen LogP contribution in [0.15, 0.2) is 42.5 Å². The molecule has 0 heterocycles. The van der Waals surface area contributed by atoms with Crippen molar-refractivity contribution in [1.82, 2.24) is 0 Å². The molecular weight excluding hydrogens is 439 g/mol. The molecule has 0 aliphatic rings. The maximum Gasteiger partial charge on any atom is 0.692 e. The molecule has 0 aliphatic carbocycles. The minimum atomic E-state index is -2.87. The molecule has 0 unspecified atom stereocenters. The normalized spacial score (nSPS) is 10.8. The molecule has 0 aliphatic heterocycles. The van der Waals surface area contributed by atoms with Gasteiger partial charge in [0.1, 0.15) is 0 Å². The van der Waals surface area contributed by atoms with E-state index in [0.717, 1.165) is 0 Å². The zero-order chi connectivity index (χ0) is 24.7. The van der Waals surface area contributed by atoms with Gasteiger partial charge in [-0.25, -0.2) is 0 Å². The third kappa shape index (κ3) is 17.2. The van der Waals surface area contributed by atoms with Gasteiger partial charge in [0.25, 0.3) is 0 Å². The first kappa shape index (κ1) is 30.8. The van der Waals surface area contributed by atoms with Crippen molar-refractivity contribution in [2.45, 2.75) is 129 Å². The highest BCUT2D eigenvalue weighted by Crippen LogP contribution is 2.21. The van der Waals surface area contributed by atoms with Gasteiger partial charge in [-0.2, -0.15) is 0 Å². The average Bonchev–Trinajstić information content (AvgIpc) is 2.83. The number of rotatable bonds is 19. The summed E-state index contributed by atoms with van der Waals surface area (Å²) >= 11 is 0. The highest BCUT2D eigenvalue weighted by molar-refractivity contribution is 7.30. The zero-order valence-corrected chi connectivity index (χ0v) is 22.6. The van der Waals surface area contributed by atoms with E-state index in [-0.39, 0.29) is 0 Å². The van der Waals surface area contributed by atoms with Crippen LogP contribution in [0.1, 0.15) is 128 Å². The summed E-state index contributed by atoms with van der Waals surface area (Å²) in [6.45, 7) is 2.30. The fraction of sp³-hybridized carbons (Fsp3) is 0.667. The molecule has 3 nitrogen and oxygen atoms in total. The summed E-state index contributed by atoms with van der Waals surface area (Å²) in [5.41, 5.74) is 1.53. The van der Waals surface area contributed by atoms with Gasteiger partial charge in [-0.3, -0.25) is 0 Å². The van der Waals surface area contributed by atoms with Crippen LogP contribution in [-0.4, -0.2) is 9.79 Å². The third-order valence-corrected chi connectivity index (χ3v) is 6.68. The van der Waals surface area contributed by atoms with Gasteiger partial charge >= 0.3 is 8.25 Å². The predicted octanol–water partition coefficient (Wildman–Crippen LogP) is 10.1. The Morgan fingerprint density at radius 1 is 0.559 bits per heavy atom. The van der Waals surface area contributed by atoms with Gasteiger partial charge < -0.3 is 0 Å². The van der Waals surface area contributed by atoms with E-state index >= 15 is 0 Å². The lowest BCUT2D eigenvalue weighted by Crippen LogP contribution is -1.88. The highest BCUT2D eigenvalue weighted by Gasteiger charge is 2.00. The number of fused-ring (bicyclic) bond motifs is 1. The molecule has 4 heteroatoms. The number of hydrogen-bond acceptors (Lipinski definition) is 1. The number of benzene rings is 2. The quantitative estimate of drug-likeness (QED) is 0.152. The molecule has 0 radical (unpaired) electrons. The van der Waals surface area contributed by atoms with Crippen LogP contribution >= 0.6 is 8.25 Å². The van der Waals surface area contributed by atoms with Crippen LogP contribution in [0.4, 0.5) is 0 Å². The Kier molecular flexibility index (Phi) is 20.1. The summed E-state index contributed by atoms with van der Waals surface area (Å²) in [4.78, 5) is 14.2. The van der Waals surface area contributed by atoms with Gasteiger partial charge in [-0.15, -0.1) is 9.79 Å². The molecule has 34 heavy (non-hydrogen) atoms. The molecule has 0 atom stereocenters. The molecule has 0 saturated carbocycles. The van der Waals surface area contributed by atoms with Crippen molar-refractivity contribution >= 4 is 19.0 Å². The number of aryl methyl sites for hydroxylation is 1. The Labute approximate surface area is 210 Å². The molecule has 0 bridgehead atoms. The van der Waals surface area contributed by atoms with Crippen LogP contribution in [0.5, 0.6) is 0 Å². The van der Waals surface area contributed by atoms with Crippen LogP contribution < -0.4 is 0 Å². The lowest BCUT2D eigenvalue weighted by atomic mass is 9.99. The number of hydrogen-bond donors (Lipinski definition) is 2. The van der Waals surface area contributed by atoms with Gasteiger partial charge in [-0.05, 0) is 29.2 Å². The average molecular weight is 490 g/mol. The first-order valence-corrected chi connectivity index (χ1v) is 15.1. The first-order valence-electron chi connectivity index (χ1n) is 14.0. The van der Waals surface area contributed by atoms with Crippen molar-refractivity contribution < 1.29 is 14.4 Å². The van der Waals surface area contributed by atoms with E-state index in [4.69, 9.17) is 14.4 Å². The fourth-order valence-corrected chi connectivity index (χ4v) is 4.73. The second kappa shape index (κ2) is 22.2. The van der Waals surface area contributed by atoms with Crippen molar-refractivity contribution in [3.05, 3.63) is 48.0 Å². The maximum atomic E-state index is 8.70. The second-order valence-corrected chi connectivity index (χ2v) is 10.2. The SMILES string of the molecule is CCCCCCCCCCCCCCCCCCCCc1cccc2ccccc12.O=[P+](O)O. The Morgan fingerprint density at radius 3 is 1.41 bits per heavy atom. The molecule has 0 spiro atoms. The van der Waals surface area contributed by atoms with E-state index in [2.05, 4.69) is 49.4 Å². The summed E-state index contributed by atoms with van der Waals surface area (Å²) in [5, 5.41) is 2.84. The van der Waals surface area contributed by atoms with Crippen molar-refractivity contribution in [2.24, 2.45) is 0 Å². The standard InChI is InChI=1S/C30H48.HO3P/c1-2-3-4-5-6-7-8-9-10-11-12-13-14-15-16-17-18-19-23-28-25-22-26-29-24-20-21-27-30(28)29;1-4(2)3/h20-22,24-27H,2-19,23H2,1H3;(H-,1,2,3)/p+1. The van der Waals surface area contributed by atoms with Gasteiger partial charge in [0.15, 0.2) is 0 Å². The second-order valence-electron chi connectivity index (χ2n) is 9.65.